The summed E-state index contributed by atoms with van der Waals surface area (Å²) in [6.45, 7) is 9.63. The van der Waals surface area contributed by atoms with Crippen LogP contribution in [0.1, 0.15) is 6.92 Å². The summed E-state index contributed by atoms with van der Waals surface area (Å²) in [4.78, 5) is 0. The normalized spacial score (nSPS) is 10.9. The zero-order chi connectivity index (χ0) is 7.33. The molecular weight excluding hydrogens is 152 g/mol. The van der Waals surface area contributed by atoms with Gasteiger partial charge in [0.2, 0.25) is 0 Å². The van der Waals surface area contributed by atoms with E-state index in [1.807, 2.05) is 6.92 Å². The molecule has 0 rings (SSSR count). The highest BCUT2D eigenvalue weighted by Crippen LogP contribution is 2.12. The van der Waals surface area contributed by atoms with Crippen molar-refractivity contribution >= 4 is 18.7 Å². The minimum Gasteiger partial charge on any atom is -0.398 e. The van der Waals surface area contributed by atoms with Gasteiger partial charge in [-0.2, -0.15) is 0 Å². The highest BCUT2D eigenvalue weighted by Gasteiger charge is 2.23. The van der Waals surface area contributed by atoms with Crippen LogP contribution in [0.15, 0.2) is 24.6 Å². The zero-order valence-electron chi connectivity index (χ0n) is 5.56. The Morgan fingerprint density at radius 2 is 2.00 bits per heavy atom. The molecule has 0 radical (unpaired) electrons. The Labute approximate surface area is 61.8 Å². The molecule has 0 saturated carbocycles. The molecule has 1 nitrogen and oxygen atoms in total. The molecule has 0 bridgehead atoms. The van der Waals surface area contributed by atoms with E-state index in [9.17, 15) is 0 Å². The van der Waals surface area contributed by atoms with Crippen LogP contribution in [0, 0.1) is 0 Å². The minimum absolute atomic E-state index is 0.619. The zero-order valence-corrected chi connectivity index (χ0v) is 7.32. The molecule has 0 amide bonds. The molecule has 0 aliphatic carbocycles. The number of rotatable bonds is 4. The fourth-order valence-electron chi connectivity index (χ4n) is 0.422. The van der Waals surface area contributed by atoms with Crippen LogP contribution in [0.4, 0.5) is 0 Å². The Kier molecular flexibility index (Phi) is 3.85. The van der Waals surface area contributed by atoms with Crippen LogP contribution >= 0.6 is 11.1 Å². The second-order valence-corrected chi connectivity index (χ2v) is 5.81. The van der Waals surface area contributed by atoms with Crippen molar-refractivity contribution in [3.05, 3.63) is 24.6 Å². The third-order valence-corrected chi connectivity index (χ3v) is 4.02. The molecule has 0 aromatic carbocycles. The fraction of sp³-hybridized carbons (Fsp3) is 0.333. The summed E-state index contributed by atoms with van der Waals surface area (Å²) in [5.41, 5.74) is 3.29. The van der Waals surface area contributed by atoms with Crippen LogP contribution in [0.2, 0.25) is 0 Å². The fourth-order valence-corrected chi connectivity index (χ4v) is 1.59. The second kappa shape index (κ2) is 3.88. The van der Waals surface area contributed by atoms with E-state index in [1.54, 1.807) is 11.4 Å². The minimum atomic E-state index is -2.20. The summed E-state index contributed by atoms with van der Waals surface area (Å²) < 4.78 is 5.20. The van der Waals surface area contributed by atoms with E-state index in [2.05, 4.69) is 13.2 Å². The van der Waals surface area contributed by atoms with Gasteiger partial charge in [-0.15, -0.1) is 24.2 Å². The van der Waals surface area contributed by atoms with Gasteiger partial charge >= 0.3 is 7.63 Å². The van der Waals surface area contributed by atoms with Crippen molar-refractivity contribution in [3.63, 3.8) is 0 Å². The van der Waals surface area contributed by atoms with Gasteiger partial charge in [-0.3, -0.25) is 0 Å². The first-order valence-corrected chi connectivity index (χ1v) is 5.86. The van der Waals surface area contributed by atoms with Gasteiger partial charge in [-0.05, 0) is 6.92 Å². The van der Waals surface area contributed by atoms with Gasteiger partial charge < -0.3 is 4.43 Å². The van der Waals surface area contributed by atoms with Crippen molar-refractivity contribution in [2.75, 3.05) is 6.61 Å². The van der Waals surface area contributed by atoms with Crippen LogP contribution in [0.25, 0.3) is 0 Å². The maximum Gasteiger partial charge on any atom is 0.339 e. The third kappa shape index (κ3) is 2.84. The van der Waals surface area contributed by atoms with Gasteiger partial charge in [-0.25, -0.2) is 0 Å². The van der Waals surface area contributed by atoms with Gasteiger partial charge in [0, 0.05) is 6.61 Å². The maximum atomic E-state index is 5.89. The van der Waals surface area contributed by atoms with Gasteiger partial charge in [-0.1, -0.05) is 11.4 Å². The number of hydrogen-bond acceptors (Lipinski definition) is 1. The summed E-state index contributed by atoms with van der Waals surface area (Å²) in [6, 6.07) is 0. The molecule has 0 aliphatic rings. The topological polar surface area (TPSA) is 9.23 Å². The first kappa shape index (κ1) is 8.95. The van der Waals surface area contributed by atoms with Crippen molar-refractivity contribution in [1.82, 2.24) is 0 Å². The molecule has 52 valence electrons. The summed E-state index contributed by atoms with van der Waals surface area (Å²) in [5.74, 6) is 0. The lowest BCUT2D eigenvalue weighted by Gasteiger charge is -2.13. The van der Waals surface area contributed by atoms with Crippen molar-refractivity contribution < 1.29 is 4.43 Å². The molecule has 0 aromatic rings. The Bertz CT molecular complexity index is 106. The Morgan fingerprint density at radius 1 is 1.56 bits per heavy atom. The molecule has 9 heavy (non-hydrogen) atoms. The first-order valence-electron chi connectivity index (χ1n) is 2.78. The molecule has 0 unspecified atom stereocenters. The van der Waals surface area contributed by atoms with E-state index < -0.39 is 7.63 Å². The number of halogens is 1. The lowest BCUT2D eigenvalue weighted by Crippen LogP contribution is -2.26. The summed E-state index contributed by atoms with van der Waals surface area (Å²) in [6.07, 6.45) is 0. The van der Waals surface area contributed by atoms with Crippen molar-refractivity contribution in [2.24, 2.45) is 0 Å². The highest BCUT2D eigenvalue weighted by molar-refractivity contribution is 7.22. The molecule has 0 aliphatic heterocycles. The van der Waals surface area contributed by atoms with E-state index in [-0.39, 0.29) is 0 Å². The van der Waals surface area contributed by atoms with E-state index >= 15 is 0 Å². The maximum absolute atomic E-state index is 5.89. The Balaban J connectivity index is 3.91. The van der Waals surface area contributed by atoms with Crippen molar-refractivity contribution in [2.45, 2.75) is 6.92 Å². The van der Waals surface area contributed by atoms with E-state index in [0.717, 1.165) is 0 Å². The largest absolute Gasteiger partial charge is 0.398 e. The molecular formula is C6H11ClOSi. The van der Waals surface area contributed by atoms with Crippen LogP contribution < -0.4 is 0 Å². The smallest absolute Gasteiger partial charge is 0.339 e. The standard InChI is InChI=1S/C6H11ClOSi/c1-4-8-9(7,5-2)6-3/h5-6H,2-4H2,1H3. The molecule has 3 heteroatoms. The molecule has 0 saturated heterocycles. The predicted octanol–water partition coefficient (Wildman–Crippen LogP) is 2.15. The Hall–Kier alpha value is -0.0531. The van der Waals surface area contributed by atoms with Crippen molar-refractivity contribution in [3.8, 4) is 0 Å². The van der Waals surface area contributed by atoms with Gasteiger partial charge in [0.1, 0.15) is 0 Å². The van der Waals surface area contributed by atoms with Crippen LogP contribution in [0.5, 0.6) is 0 Å². The molecule has 0 fully saturated rings. The Morgan fingerprint density at radius 3 is 2.11 bits per heavy atom. The molecule has 0 heterocycles. The van der Waals surface area contributed by atoms with E-state index in [4.69, 9.17) is 15.5 Å². The quantitative estimate of drug-likeness (QED) is 0.455. The van der Waals surface area contributed by atoms with Crippen LogP contribution in [0.3, 0.4) is 0 Å². The van der Waals surface area contributed by atoms with Gasteiger partial charge in [0.25, 0.3) is 0 Å². The predicted molar refractivity (Wildman–Crippen MR) is 43.6 cm³/mol. The monoisotopic (exact) mass is 162 g/mol. The first-order chi connectivity index (χ1) is 4.18. The van der Waals surface area contributed by atoms with Gasteiger partial charge in [0.05, 0.1) is 0 Å². The van der Waals surface area contributed by atoms with Gasteiger partial charge in [0.15, 0.2) is 0 Å². The van der Waals surface area contributed by atoms with Crippen molar-refractivity contribution in [1.29, 1.82) is 0 Å². The SMILES string of the molecule is C=C[Si](Cl)(C=C)OCC. The molecule has 0 atom stereocenters. The second-order valence-electron chi connectivity index (χ2n) is 1.54. The highest BCUT2D eigenvalue weighted by atomic mass is 35.6. The van der Waals surface area contributed by atoms with E-state index in [0.29, 0.717) is 6.61 Å². The summed E-state index contributed by atoms with van der Waals surface area (Å²) >= 11 is 5.89. The molecule has 0 N–H and O–H groups in total. The molecule has 0 spiro atoms. The van der Waals surface area contributed by atoms with Crippen LogP contribution in [-0.4, -0.2) is 14.2 Å². The lowest BCUT2D eigenvalue weighted by atomic mass is 10.9. The summed E-state index contributed by atoms with van der Waals surface area (Å²) in [5, 5.41) is 0. The van der Waals surface area contributed by atoms with E-state index in [1.165, 1.54) is 0 Å². The lowest BCUT2D eigenvalue weighted by molar-refractivity contribution is 0.350. The number of hydrogen-bond donors (Lipinski definition) is 0. The summed E-state index contributed by atoms with van der Waals surface area (Å²) in [7, 11) is -2.20. The average Bonchev–Trinajstić information content (AvgIpc) is 1.89. The molecule has 0 aromatic heterocycles. The average molecular weight is 163 g/mol. The third-order valence-electron chi connectivity index (χ3n) is 0.922. The van der Waals surface area contributed by atoms with Crippen LogP contribution in [-0.2, 0) is 4.43 Å².